The van der Waals surface area contributed by atoms with Crippen molar-refractivity contribution in [3.63, 3.8) is 0 Å². The molecule has 0 bridgehead atoms. The second-order valence-electron chi connectivity index (χ2n) is 6.96. The number of rotatable bonds is 6. The summed E-state index contributed by atoms with van der Waals surface area (Å²) in [4.78, 5) is 14.9. The lowest BCUT2D eigenvalue weighted by molar-refractivity contribution is -0.126. The van der Waals surface area contributed by atoms with Gasteiger partial charge in [0.05, 0.1) is 18.6 Å². The molecule has 2 fully saturated rings. The number of carbonyl (C=O) groups excluding carboxylic acids is 1. The van der Waals surface area contributed by atoms with Crippen LogP contribution in [0.1, 0.15) is 37.8 Å². The van der Waals surface area contributed by atoms with E-state index in [0.717, 1.165) is 18.8 Å². The van der Waals surface area contributed by atoms with Gasteiger partial charge in [-0.15, -0.1) is 23.2 Å². The van der Waals surface area contributed by atoms with Crippen molar-refractivity contribution >= 4 is 29.1 Å². The van der Waals surface area contributed by atoms with Gasteiger partial charge in [0.1, 0.15) is 10.1 Å². The normalized spacial score (nSPS) is 26.8. The molecule has 1 aromatic rings. The second kappa shape index (κ2) is 6.74. The van der Waals surface area contributed by atoms with E-state index in [1.165, 1.54) is 18.4 Å². The van der Waals surface area contributed by atoms with E-state index in [-0.39, 0.29) is 11.9 Å². The molecule has 24 heavy (non-hydrogen) atoms. The first kappa shape index (κ1) is 17.8. The molecular weight excluding hydrogens is 347 g/mol. The fourth-order valence-electron chi connectivity index (χ4n) is 3.37. The summed E-state index contributed by atoms with van der Waals surface area (Å²) in [6.07, 6.45) is 2.90. The maximum Gasteiger partial charge on any atom is 0.229 e. The summed E-state index contributed by atoms with van der Waals surface area (Å²) in [5.74, 6) is 0.771. The Balaban J connectivity index is 1.69. The summed E-state index contributed by atoms with van der Waals surface area (Å²) in [6.45, 7) is 4.49. The number of nitrogens with one attached hydrogen (secondary N) is 1. The van der Waals surface area contributed by atoms with Crippen LogP contribution in [0.3, 0.4) is 0 Å². The van der Waals surface area contributed by atoms with Crippen LogP contribution in [0.25, 0.3) is 0 Å². The van der Waals surface area contributed by atoms with Crippen LogP contribution in [0, 0.1) is 5.41 Å². The topological polar surface area (TPSA) is 41.6 Å². The molecule has 1 amide bonds. The third-order valence-electron chi connectivity index (χ3n) is 5.30. The molecule has 0 radical (unpaired) electrons. The van der Waals surface area contributed by atoms with Crippen LogP contribution in [-0.4, -0.2) is 41.9 Å². The van der Waals surface area contributed by atoms with E-state index in [9.17, 15) is 4.79 Å². The van der Waals surface area contributed by atoms with Crippen LogP contribution in [0.4, 0.5) is 0 Å². The molecular formula is C18H24Cl2N2O2. The molecule has 1 aliphatic carbocycles. The standard InChI is InChI=1S/C18H24Cl2N2O2/c1-17(12-18(17,19)20)16(23)21-11-15(22-9-3-4-10-22)13-5-7-14(24-2)8-6-13/h5-8,15H,3-4,9-12H2,1-2H3,(H,21,23)/t15-,17-/m0/s1. The maximum atomic E-state index is 12.5. The first-order valence-corrected chi connectivity index (χ1v) is 9.17. The molecule has 1 aliphatic heterocycles. The Kier molecular flexibility index (Phi) is 5.01. The molecule has 1 saturated carbocycles. The van der Waals surface area contributed by atoms with E-state index in [1.54, 1.807) is 7.11 Å². The number of hydrogen-bond donors (Lipinski definition) is 1. The number of benzene rings is 1. The molecule has 1 N–H and O–H groups in total. The van der Waals surface area contributed by atoms with Crippen molar-refractivity contribution in [2.75, 3.05) is 26.7 Å². The SMILES string of the molecule is COc1ccc([C@H](CNC(=O)[C@]2(C)CC2(Cl)Cl)N2CCCC2)cc1. The summed E-state index contributed by atoms with van der Waals surface area (Å²) in [5, 5.41) is 3.06. The van der Waals surface area contributed by atoms with E-state index in [2.05, 4.69) is 22.3 Å². The molecule has 2 atom stereocenters. The third kappa shape index (κ3) is 3.37. The highest BCUT2D eigenvalue weighted by atomic mass is 35.5. The first-order valence-electron chi connectivity index (χ1n) is 8.41. The molecule has 1 aromatic carbocycles. The zero-order valence-corrected chi connectivity index (χ0v) is 15.7. The lowest BCUT2D eigenvalue weighted by atomic mass is 10.0. The van der Waals surface area contributed by atoms with Gasteiger partial charge in [-0.3, -0.25) is 9.69 Å². The zero-order chi connectivity index (χ0) is 17.4. The van der Waals surface area contributed by atoms with Crippen LogP contribution in [0.5, 0.6) is 5.75 Å². The Morgan fingerprint density at radius 3 is 2.38 bits per heavy atom. The number of halogens is 2. The van der Waals surface area contributed by atoms with E-state index in [4.69, 9.17) is 27.9 Å². The number of methoxy groups -OCH3 is 1. The largest absolute Gasteiger partial charge is 0.497 e. The van der Waals surface area contributed by atoms with Crippen molar-refractivity contribution in [3.8, 4) is 5.75 Å². The van der Waals surface area contributed by atoms with Gasteiger partial charge in [0, 0.05) is 6.54 Å². The van der Waals surface area contributed by atoms with Crippen LogP contribution >= 0.6 is 23.2 Å². The Bertz CT molecular complexity index is 600. The molecule has 1 heterocycles. The average molecular weight is 371 g/mol. The number of nitrogens with zero attached hydrogens (tertiary/aromatic N) is 1. The van der Waals surface area contributed by atoms with Gasteiger partial charge < -0.3 is 10.1 Å². The van der Waals surface area contributed by atoms with Gasteiger partial charge in [-0.25, -0.2) is 0 Å². The number of carbonyl (C=O) groups is 1. The fourth-order valence-corrected chi connectivity index (χ4v) is 4.07. The second-order valence-corrected chi connectivity index (χ2v) is 8.44. The molecule has 2 aliphatic rings. The van der Waals surface area contributed by atoms with Gasteiger partial charge in [0.15, 0.2) is 0 Å². The quantitative estimate of drug-likeness (QED) is 0.778. The van der Waals surface area contributed by atoms with Crippen molar-refractivity contribution in [2.45, 2.75) is 36.6 Å². The Morgan fingerprint density at radius 1 is 1.29 bits per heavy atom. The molecule has 6 heteroatoms. The van der Waals surface area contributed by atoms with E-state index < -0.39 is 9.75 Å². The van der Waals surface area contributed by atoms with Crippen molar-refractivity contribution in [2.24, 2.45) is 5.41 Å². The minimum Gasteiger partial charge on any atom is -0.497 e. The predicted octanol–water partition coefficient (Wildman–Crippen LogP) is 3.53. The van der Waals surface area contributed by atoms with Gasteiger partial charge in [-0.05, 0) is 57.0 Å². The van der Waals surface area contributed by atoms with Crippen LogP contribution in [0.15, 0.2) is 24.3 Å². The van der Waals surface area contributed by atoms with Crippen LogP contribution in [-0.2, 0) is 4.79 Å². The molecule has 0 spiro atoms. The molecule has 0 aromatic heterocycles. The zero-order valence-electron chi connectivity index (χ0n) is 14.1. The Hall–Kier alpha value is -0.970. The summed E-state index contributed by atoms with van der Waals surface area (Å²) >= 11 is 12.2. The minimum atomic E-state index is -0.930. The lowest BCUT2D eigenvalue weighted by Gasteiger charge is -2.29. The molecule has 1 saturated heterocycles. The number of amides is 1. The minimum absolute atomic E-state index is 0.0646. The average Bonchev–Trinajstić information content (AvgIpc) is 2.95. The summed E-state index contributed by atoms with van der Waals surface area (Å²) in [5.41, 5.74) is 0.507. The van der Waals surface area contributed by atoms with Gasteiger partial charge in [-0.1, -0.05) is 12.1 Å². The monoisotopic (exact) mass is 370 g/mol. The smallest absolute Gasteiger partial charge is 0.229 e. The fraction of sp³-hybridized carbons (Fsp3) is 0.611. The van der Waals surface area contributed by atoms with Crippen molar-refractivity contribution in [1.82, 2.24) is 10.2 Å². The third-order valence-corrected chi connectivity index (χ3v) is 6.40. The van der Waals surface area contributed by atoms with Gasteiger partial charge in [-0.2, -0.15) is 0 Å². The maximum absolute atomic E-state index is 12.5. The highest BCUT2D eigenvalue weighted by molar-refractivity contribution is 6.53. The van der Waals surface area contributed by atoms with Gasteiger partial charge in [0.2, 0.25) is 5.91 Å². The van der Waals surface area contributed by atoms with Crippen LogP contribution < -0.4 is 10.1 Å². The number of hydrogen-bond acceptors (Lipinski definition) is 3. The summed E-state index contributed by atoms with van der Waals surface area (Å²) < 4.78 is 4.31. The van der Waals surface area contributed by atoms with E-state index in [1.807, 2.05) is 19.1 Å². The molecule has 3 rings (SSSR count). The number of alkyl halides is 2. The van der Waals surface area contributed by atoms with Crippen molar-refractivity contribution in [3.05, 3.63) is 29.8 Å². The Morgan fingerprint density at radius 2 is 1.88 bits per heavy atom. The predicted molar refractivity (Wildman–Crippen MR) is 96.7 cm³/mol. The van der Waals surface area contributed by atoms with Crippen LogP contribution in [0.2, 0.25) is 0 Å². The highest BCUT2D eigenvalue weighted by Crippen LogP contribution is 2.63. The molecule has 0 unspecified atom stereocenters. The van der Waals surface area contributed by atoms with Gasteiger partial charge >= 0.3 is 0 Å². The summed E-state index contributed by atoms with van der Waals surface area (Å²) in [7, 11) is 1.66. The van der Waals surface area contributed by atoms with Crippen molar-refractivity contribution < 1.29 is 9.53 Å². The van der Waals surface area contributed by atoms with Gasteiger partial charge in [0.25, 0.3) is 0 Å². The number of ether oxygens (including phenoxy) is 1. The molecule has 132 valence electrons. The first-order chi connectivity index (χ1) is 11.4. The highest BCUT2D eigenvalue weighted by Gasteiger charge is 2.67. The number of likely N-dealkylation sites (tertiary alicyclic amines) is 1. The van der Waals surface area contributed by atoms with E-state index >= 15 is 0 Å². The Labute approximate surface area is 153 Å². The summed E-state index contributed by atoms with van der Waals surface area (Å²) in [6, 6.07) is 8.22. The van der Waals surface area contributed by atoms with E-state index in [0.29, 0.717) is 13.0 Å². The lowest BCUT2D eigenvalue weighted by Crippen LogP contribution is -2.40. The molecule has 4 nitrogen and oxygen atoms in total. The van der Waals surface area contributed by atoms with Crippen molar-refractivity contribution in [1.29, 1.82) is 0 Å².